The molecule has 1 aromatic carbocycles. The molecule has 4 heterocycles. The molecule has 0 bridgehead atoms. The van der Waals surface area contributed by atoms with Crippen molar-refractivity contribution in [3.8, 4) is 0 Å². The van der Waals surface area contributed by atoms with Crippen molar-refractivity contribution < 1.29 is 4.79 Å². The quantitative estimate of drug-likeness (QED) is 0.595. The monoisotopic (exact) mass is 360 g/mol. The highest BCUT2D eigenvalue weighted by molar-refractivity contribution is 6.00. The third kappa shape index (κ3) is 2.58. The minimum atomic E-state index is -0.0504. The average Bonchev–Trinajstić information content (AvgIpc) is 3.37. The van der Waals surface area contributed by atoms with Gasteiger partial charge in [-0.05, 0) is 49.9 Å². The summed E-state index contributed by atoms with van der Waals surface area (Å²) in [5.74, 6) is 0.808. The van der Waals surface area contributed by atoms with Crippen LogP contribution in [0, 0.1) is 13.8 Å². The molecule has 27 heavy (non-hydrogen) atoms. The molecule has 1 saturated heterocycles. The van der Waals surface area contributed by atoms with Gasteiger partial charge in [0, 0.05) is 18.9 Å². The summed E-state index contributed by atoms with van der Waals surface area (Å²) in [6.45, 7) is 4.73. The number of benzene rings is 1. The van der Waals surface area contributed by atoms with Crippen LogP contribution in [0.3, 0.4) is 0 Å². The topological polar surface area (TPSA) is 79.2 Å². The molecular formula is C20H20N6O. The number of nitrogens with zero attached hydrogens (tertiary/aromatic N) is 5. The van der Waals surface area contributed by atoms with Crippen LogP contribution in [0.4, 0.5) is 0 Å². The zero-order chi connectivity index (χ0) is 18.5. The predicted molar refractivity (Wildman–Crippen MR) is 102 cm³/mol. The molecule has 3 aromatic heterocycles. The Balaban J connectivity index is 1.51. The van der Waals surface area contributed by atoms with Crippen LogP contribution in [0.15, 0.2) is 36.8 Å². The van der Waals surface area contributed by atoms with Crippen molar-refractivity contribution in [2.75, 3.05) is 6.54 Å². The highest BCUT2D eigenvalue weighted by Crippen LogP contribution is 2.33. The normalized spacial score (nSPS) is 17.3. The van der Waals surface area contributed by atoms with Crippen LogP contribution in [-0.2, 0) is 0 Å². The first-order chi connectivity index (χ1) is 13.1. The van der Waals surface area contributed by atoms with E-state index in [0.717, 1.165) is 35.3 Å². The first kappa shape index (κ1) is 16.0. The molecule has 1 fully saturated rings. The van der Waals surface area contributed by atoms with Crippen molar-refractivity contribution in [1.29, 1.82) is 0 Å². The number of hydrogen-bond acceptors (Lipinski definition) is 4. The van der Waals surface area contributed by atoms with E-state index in [2.05, 4.69) is 34.1 Å². The molecule has 1 atom stereocenters. The van der Waals surface area contributed by atoms with Crippen molar-refractivity contribution in [2.24, 2.45) is 0 Å². The van der Waals surface area contributed by atoms with Crippen molar-refractivity contribution in [3.63, 3.8) is 0 Å². The summed E-state index contributed by atoms with van der Waals surface area (Å²) in [6, 6.07) is 6.11. The highest BCUT2D eigenvalue weighted by Gasteiger charge is 2.34. The number of aromatic nitrogens is 5. The number of rotatable bonds is 2. The summed E-state index contributed by atoms with van der Waals surface area (Å²) < 4.78 is 1.66. The van der Waals surface area contributed by atoms with Crippen molar-refractivity contribution in [3.05, 3.63) is 59.3 Å². The maximum absolute atomic E-state index is 13.3. The fourth-order valence-corrected chi connectivity index (χ4v) is 3.87. The van der Waals surface area contributed by atoms with Crippen LogP contribution in [0.1, 0.15) is 46.2 Å². The number of aryl methyl sites for hydroxylation is 2. The molecule has 1 aliphatic heterocycles. The first-order valence-corrected chi connectivity index (χ1v) is 9.17. The lowest BCUT2D eigenvalue weighted by atomic mass is 10.2. The molecule has 0 saturated carbocycles. The summed E-state index contributed by atoms with van der Waals surface area (Å²) >= 11 is 0. The Bertz CT molecular complexity index is 1170. The number of H-pyrrole nitrogens is 1. The molecule has 1 N–H and O–H groups in total. The van der Waals surface area contributed by atoms with E-state index >= 15 is 0 Å². The van der Waals surface area contributed by atoms with Crippen LogP contribution < -0.4 is 0 Å². The number of carbonyl (C=O) groups excluding carboxylic acids is 1. The highest BCUT2D eigenvalue weighted by atomic mass is 16.2. The Morgan fingerprint density at radius 1 is 1.22 bits per heavy atom. The second-order valence-corrected chi connectivity index (χ2v) is 7.26. The Hall–Kier alpha value is -3.22. The molecule has 0 unspecified atom stereocenters. The zero-order valence-corrected chi connectivity index (χ0v) is 15.3. The van der Waals surface area contributed by atoms with Crippen LogP contribution in [0.2, 0.25) is 0 Å². The van der Waals surface area contributed by atoms with E-state index in [4.69, 9.17) is 4.98 Å². The van der Waals surface area contributed by atoms with Gasteiger partial charge in [0.05, 0.1) is 23.3 Å². The van der Waals surface area contributed by atoms with Crippen LogP contribution >= 0.6 is 0 Å². The van der Waals surface area contributed by atoms with Gasteiger partial charge in [-0.15, -0.1) is 0 Å². The molecule has 0 spiro atoms. The van der Waals surface area contributed by atoms with Gasteiger partial charge in [-0.25, -0.2) is 14.5 Å². The molecular weight excluding hydrogens is 340 g/mol. The lowest BCUT2D eigenvalue weighted by Gasteiger charge is -2.22. The van der Waals surface area contributed by atoms with Crippen molar-refractivity contribution >= 4 is 22.6 Å². The minimum absolute atomic E-state index is 0.0412. The maximum Gasteiger partial charge on any atom is 0.259 e. The van der Waals surface area contributed by atoms with Gasteiger partial charge in [0.2, 0.25) is 0 Å². The van der Waals surface area contributed by atoms with E-state index in [9.17, 15) is 4.79 Å². The summed E-state index contributed by atoms with van der Waals surface area (Å²) in [7, 11) is 0. The van der Waals surface area contributed by atoms with Gasteiger partial charge in [-0.3, -0.25) is 4.79 Å². The summed E-state index contributed by atoms with van der Waals surface area (Å²) in [5, 5.41) is 4.30. The number of carbonyl (C=O) groups is 1. The van der Waals surface area contributed by atoms with E-state index in [-0.39, 0.29) is 11.9 Å². The second-order valence-electron chi connectivity index (χ2n) is 7.26. The predicted octanol–water partition coefficient (Wildman–Crippen LogP) is 3.20. The molecule has 5 rings (SSSR count). The lowest BCUT2D eigenvalue weighted by Crippen LogP contribution is -2.31. The van der Waals surface area contributed by atoms with E-state index < -0.39 is 0 Å². The Kier molecular flexibility index (Phi) is 3.50. The zero-order valence-electron chi connectivity index (χ0n) is 15.3. The Morgan fingerprint density at radius 3 is 3.00 bits per heavy atom. The third-order valence-corrected chi connectivity index (χ3v) is 5.20. The van der Waals surface area contributed by atoms with Gasteiger partial charge < -0.3 is 9.88 Å². The summed E-state index contributed by atoms with van der Waals surface area (Å²) in [5.41, 5.74) is 5.26. The van der Waals surface area contributed by atoms with Crippen molar-refractivity contribution in [1.82, 2.24) is 29.5 Å². The minimum Gasteiger partial charge on any atom is -0.340 e. The fraction of sp³-hybridized carbons (Fsp3) is 0.300. The SMILES string of the molecule is Cc1ccc2nc([C@@H]3CCCN3C(=O)c3cnn4cc(C)cnc34)[nH]c2c1. The lowest BCUT2D eigenvalue weighted by molar-refractivity contribution is 0.0732. The molecule has 1 aliphatic rings. The van der Waals surface area contributed by atoms with Gasteiger partial charge in [-0.1, -0.05) is 6.07 Å². The van der Waals surface area contributed by atoms with Crippen LogP contribution in [0.25, 0.3) is 16.7 Å². The van der Waals surface area contributed by atoms with Gasteiger partial charge in [0.1, 0.15) is 11.4 Å². The summed E-state index contributed by atoms with van der Waals surface area (Å²) in [4.78, 5) is 27.7. The van der Waals surface area contributed by atoms with E-state index in [1.54, 1.807) is 16.9 Å². The molecule has 1 amide bonds. The number of aromatic amines is 1. The number of nitrogens with one attached hydrogen (secondary N) is 1. The number of likely N-dealkylation sites (tertiary alicyclic amines) is 1. The number of imidazole rings is 1. The standard InChI is InChI=1S/C20H20N6O/c1-12-5-6-15-16(8-12)24-18(23-15)17-4-3-7-25(17)20(27)14-10-22-26-11-13(2)9-21-19(14)26/h5-6,8-11,17H,3-4,7H2,1-2H3,(H,23,24)/t17-/m0/s1. The number of fused-ring (bicyclic) bond motifs is 2. The van der Waals surface area contributed by atoms with Gasteiger partial charge in [0.25, 0.3) is 5.91 Å². The molecule has 7 heteroatoms. The first-order valence-electron chi connectivity index (χ1n) is 9.17. The Morgan fingerprint density at radius 2 is 2.11 bits per heavy atom. The molecule has 136 valence electrons. The van der Waals surface area contributed by atoms with Gasteiger partial charge in [-0.2, -0.15) is 5.10 Å². The largest absolute Gasteiger partial charge is 0.340 e. The summed E-state index contributed by atoms with van der Waals surface area (Å²) in [6.07, 6.45) is 7.11. The van der Waals surface area contributed by atoms with Crippen LogP contribution in [0.5, 0.6) is 0 Å². The smallest absolute Gasteiger partial charge is 0.259 e. The third-order valence-electron chi connectivity index (χ3n) is 5.20. The molecule has 7 nitrogen and oxygen atoms in total. The number of hydrogen-bond donors (Lipinski definition) is 1. The van der Waals surface area contributed by atoms with E-state index in [1.165, 1.54) is 5.56 Å². The van der Waals surface area contributed by atoms with Gasteiger partial charge in [0.15, 0.2) is 5.65 Å². The molecule has 0 aliphatic carbocycles. The van der Waals surface area contributed by atoms with Crippen molar-refractivity contribution in [2.45, 2.75) is 32.7 Å². The van der Waals surface area contributed by atoms with Crippen LogP contribution in [-0.4, -0.2) is 41.9 Å². The molecule has 0 radical (unpaired) electrons. The second kappa shape index (κ2) is 5.90. The van der Waals surface area contributed by atoms with E-state index in [1.807, 2.05) is 24.1 Å². The number of amides is 1. The fourth-order valence-electron chi connectivity index (χ4n) is 3.87. The maximum atomic E-state index is 13.3. The average molecular weight is 360 g/mol. The van der Waals surface area contributed by atoms with Gasteiger partial charge >= 0.3 is 0 Å². The van der Waals surface area contributed by atoms with E-state index in [0.29, 0.717) is 17.8 Å². The Labute approximate surface area is 156 Å². The molecule has 4 aromatic rings.